The zero-order chi connectivity index (χ0) is 16.5. The van der Waals surface area contributed by atoms with Crippen molar-refractivity contribution in [2.24, 2.45) is 5.73 Å². The van der Waals surface area contributed by atoms with Gasteiger partial charge in [-0.3, -0.25) is 9.59 Å². The number of hydrogen-bond donors (Lipinski definition) is 1. The molecule has 116 valence electrons. The number of esters is 1. The summed E-state index contributed by atoms with van der Waals surface area (Å²) in [6.45, 7) is 1.10. The third-order valence-electron chi connectivity index (χ3n) is 2.47. The Hall–Kier alpha value is -2.84. The predicted molar refractivity (Wildman–Crippen MR) is 68.3 cm³/mol. The Balaban J connectivity index is 2.55. The number of rotatable bonds is 3. The summed E-state index contributed by atoms with van der Waals surface area (Å²) in [4.78, 5) is 26.2. The van der Waals surface area contributed by atoms with Gasteiger partial charge in [-0.1, -0.05) is 0 Å². The monoisotopic (exact) mass is 314 g/mol. The van der Waals surface area contributed by atoms with E-state index in [4.69, 9.17) is 10.5 Å². The molecule has 0 fully saturated rings. The van der Waals surface area contributed by atoms with E-state index in [1.165, 1.54) is 12.1 Å². The molecule has 0 radical (unpaired) electrons. The van der Waals surface area contributed by atoms with Gasteiger partial charge in [-0.25, -0.2) is 4.98 Å². The average molecular weight is 314 g/mol. The second-order valence-electron chi connectivity index (χ2n) is 4.20. The van der Waals surface area contributed by atoms with Gasteiger partial charge in [0.25, 0.3) is 5.91 Å². The van der Waals surface area contributed by atoms with Gasteiger partial charge in [0.05, 0.1) is 5.52 Å². The van der Waals surface area contributed by atoms with Crippen LogP contribution in [0, 0.1) is 0 Å². The van der Waals surface area contributed by atoms with Crippen LogP contribution in [0.25, 0.3) is 10.9 Å². The van der Waals surface area contributed by atoms with Crippen molar-refractivity contribution in [3.63, 3.8) is 0 Å². The predicted octanol–water partition coefficient (Wildman–Crippen LogP) is 2.16. The van der Waals surface area contributed by atoms with Crippen molar-refractivity contribution < 1.29 is 32.2 Å². The number of ether oxygens (including phenoxy) is 2. The zero-order valence-electron chi connectivity index (χ0n) is 11.1. The first kappa shape index (κ1) is 15.5. The molecule has 0 atom stereocenters. The summed E-state index contributed by atoms with van der Waals surface area (Å²) in [6.07, 6.45) is -4.84. The molecule has 2 aromatic rings. The van der Waals surface area contributed by atoms with E-state index in [9.17, 15) is 22.8 Å². The summed E-state index contributed by atoms with van der Waals surface area (Å²) >= 11 is 0. The number of carbonyl (C=O) groups is 2. The zero-order valence-corrected chi connectivity index (χ0v) is 11.1. The van der Waals surface area contributed by atoms with Crippen molar-refractivity contribution in [1.29, 1.82) is 0 Å². The normalized spacial score (nSPS) is 11.3. The Bertz CT molecular complexity index is 759. The number of carbonyl (C=O) groups excluding carboxylic acids is 2. The Morgan fingerprint density at radius 1 is 1.23 bits per heavy atom. The molecule has 0 aliphatic carbocycles. The second kappa shape index (κ2) is 5.51. The Kier molecular flexibility index (Phi) is 3.89. The summed E-state index contributed by atoms with van der Waals surface area (Å²) in [5.74, 6) is -2.38. The second-order valence-corrected chi connectivity index (χ2v) is 4.20. The van der Waals surface area contributed by atoms with Crippen LogP contribution in [-0.4, -0.2) is 23.2 Å². The van der Waals surface area contributed by atoms with Gasteiger partial charge in [-0.05, 0) is 24.3 Å². The fourth-order valence-corrected chi connectivity index (χ4v) is 1.74. The molecule has 9 heteroatoms. The van der Waals surface area contributed by atoms with Crippen LogP contribution < -0.4 is 15.2 Å². The highest BCUT2D eigenvalue weighted by Crippen LogP contribution is 2.29. The highest BCUT2D eigenvalue weighted by molar-refractivity contribution is 5.97. The molecule has 1 aromatic carbocycles. The van der Waals surface area contributed by atoms with Crippen molar-refractivity contribution in [2.45, 2.75) is 13.3 Å². The SMILES string of the molecule is CC(=O)Oc1cc2cc(OC(F)(F)F)ccc2nc1C(N)=O. The molecule has 6 nitrogen and oxygen atoms in total. The van der Waals surface area contributed by atoms with E-state index in [0.717, 1.165) is 19.1 Å². The number of alkyl halides is 3. The van der Waals surface area contributed by atoms with Crippen molar-refractivity contribution in [1.82, 2.24) is 4.98 Å². The quantitative estimate of drug-likeness (QED) is 0.877. The standard InChI is InChI=1S/C13H9F3N2O4/c1-6(19)21-10-5-7-4-8(22-13(14,15)16)2-3-9(7)18-11(10)12(17)20/h2-5H,1H3,(H2,17,20). The number of nitrogens with two attached hydrogens (primary N) is 1. The minimum Gasteiger partial charge on any atom is -0.424 e. The summed E-state index contributed by atoms with van der Waals surface area (Å²) in [6, 6.07) is 4.50. The van der Waals surface area contributed by atoms with E-state index >= 15 is 0 Å². The molecule has 0 bridgehead atoms. The molecule has 1 heterocycles. The van der Waals surface area contributed by atoms with Crippen LogP contribution in [-0.2, 0) is 4.79 Å². The summed E-state index contributed by atoms with van der Waals surface area (Å²) in [7, 11) is 0. The number of fused-ring (bicyclic) bond motifs is 1. The van der Waals surface area contributed by atoms with Crippen molar-refractivity contribution in [3.8, 4) is 11.5 Å². The Labute approximate surface area is 121 Å². The van der Waals surface area contributed by atoms with Gasteiger partial charge in [0.2, 0.25) is 0 Å². The molecule has 2 rings (SSSR count). The first-order valence-electron chi connectivity index (χ1n) is 5.84. The van der Waals surface area contributed by atoms with Gasteiger partial charge in [-0.15, -0.1) is 13.2 Å². The summed E-state index contributed by atoms with van der Waals surface area (Å²) < 4.78 is 45.2. The maximum absolute atomic E-state index is 12.2. The first-order chi connectivity index (χ1) is 10.2. The smallest absolute Gasteiger partial charge is 0.424 e. The van der Waals surface area contributed by atoms with Crippen molar-refractivity contribution in [3.05, 3.63) is 30.0 Å². The third kappa shape index (κ3) is 3.62. The fourth-order valence-electron chi connectivity index (χ4n) is 1.74. The molecule has 0 aliphatic heterocycles. The van der Waals surface area contributed by atoms with Crippen LogP contribution in [0.4, 0.5) is 13.2 Å². The molecule has 0 aliphatic rings. The van der Waals surface area contributed by atoms with Gasteiger partial charge in [0.15, 0.2) is 11.4 Å². The number of halogens is 3. The number of nitrogens with zero attached hydrogens (tertiary/aromatic N) is 1. The highest BCUT2D eigenvalue weighted by atomic mass is 19.4. The van der Waals surface area contributed by atoms with Crippen LogP contribution in [0.5, 0.6) is 11.5 Å². The molecule has 0 spiro atoms. The highest BCUT2D eigenvalue weighted by Gasteiger charge is 2.31. The van der Waals surface area contributed by atoms with Crippen LogP contribution >= 0.6 is 0 Å². The lowest BCUT2D eigenvalue weighted by Crippen LogP contribution is -2.17. The van der Waals surface area contributed by atoms with Crippen molar-refractivity contribution in [2.75, 3.05) is 0 Å². The van der Waals surface area contributed by atoms with Crippen LogP contribution in [0.1, 0.15) is 17.4 Å². The van der Waals surface area contributed by atoms with Crippen LogP contribution in [0.15, 0.2) is 24.3 Å². The van der Waals surface area contributed by atoms with Crippen LogP contribution in [0.2, 0.25) is 0 Å². The summed E-state index contributed by atoms with van der Waals surface area (Å²) in [5.41, 5.74) is 5.02. The molecule has 0 unspecified atom stereocenters. The van der Waals surface area contributed by atoms with E-state index in [2.05, 4.69) is 9.72 Å². The molecule has 0 saturated carbocycles. The van der Waals surface area contributed by atoms with Gasteiger partial charge < -0.3 is 15.2 Å². The molecule has 0 saturated heterocycles. The van der Waals surface area contributed by atoms with Gasteiger partial charge in [0, 0.05) is 12.3 Å². The van der Waals surface area contributed by atoms with E-state index in [1.54, 1.807) is 0 Å². The van der Waals surface area contributed by atoms with E-state index in [1.807, 2.05) is 0 Å². The number of hydrogen-bond acceptors (Lipinski definition) is 5. The van der Waals surface area contributed by atoms with E-state index in [-0.39, 0.29) is 22.3 Å². The number of amides is 1. The average Bonchev–Trinajstić information content (AvgIpc) is 2.34. The molecule has 1 amide bonds. The van der Waals surface area contributed by atoms with Gasteiger partial charge in [-0.2, -0.15) is 0 Å². The van der Waals surface area contributed by atoms with Crippen LogP contribution in [0.3, 0.4) is 0 Å². The topological polar surface area (TPSA) is 91.5 Å². The number of pyridine rings is 1. The van der Waals surface area contributed by atoms with Gasteiger partial charge in [0.1, 0.15) is 5.75 Å². The third-order valence-corrected chi connectivity index (χ3v) is 2.47. The lowest BCUT2D eigenvalue weighted by Gasteiger charge is -2.11. The molecule has 2 N–H and O–H groups in total. The minimum absolute atomic E-state index is 0.183. The maximum Gasteiger partial charge on any atom is 0.573 e. The maximum atomic E-state index is 12.2. The molecular formula is C13H9F3N2O4. The lowest BCUT2D eigenvalue weighted by atomic mass is 10.1. The first-order valence-corrected chi connectivity index (χ1v) is 5.84. The Morgan fingerprint density at radius 2 is 1.91 bits per heavy atom. The fraction of sp³-hybridized carbons (Fsp3) is 0.154. The van der Waals surface area contributed by atoms with E-state index in [0.29, 0.717) is 0 Å². The molecular weight excluding hydrogens is 305 g/mol. The summed E-state index contributed by atoms with van der Waals surface area (Å²) in [5, 5.41) is 0.183. The van der Waals surface area contributed by atoms with Gasteiger partial charge >= 0.3 is 12.3 Å². The minimum atomic E-state index is -4.84. The lowest BCUT2D eigenvalue weighted by molar-refractivity contribution is -0.274. The van der Waals surface area contributed by atoms with Crippen molar-refractivity contribution >= 4 is 22.8 Å². The molecule has 22 heavy (non-hydrogen) atoms. The largest absolute Gasteiger partial charge is 0.573 e. The number of primary amides is 1. The number of aromatic nitrogens is 1. The molecule has 1 aromatic heterocycles. The Morgan fingerprint density at radius 3 is 2.45 bits per heavy atom. The number of benzene rings is 1. The van der Waals surface area contributed by atoms with E-state index < -0.39 is 24.0 Å².